The molecule has 8 heteroatoms. The van der Waals surface area contributed by atoms with Crippen molar-refractivity contribution in [3.05, 3.63) is 29.8 Å². The molecule has 0 radical (unpaired) electrons. The van der Waals surface area contributed by atoms with Crippen molar-refractivity contribution in [2.24, 2.45) is 11.7 Å². The minimum Gasteiger partial charge on any atom is -0.491 e. The summed E-state index contributed by atoms with van der Waals surface area (Å²) in [6.45, 7) is 1.72. The van der Waals surface area contributed by atoms with Gasteiger partial charge in [-0.3, -0.25) is 9.59 Å². The van der Waals surface area contributed by atoms with Crippen molar-refractivity contribution in [3.8, 4) is 5.75 Å². The number of nitrogens with zero attached hydrogens (tertiary/aromatic N) is 1. The summed E-state index contributed by atoms with van der Waals surface area (Å²) in [5, 5.41) is 0. The fraction of sp³-hybridized carbons (Fsp3) is 0.550. The van der Waals surface area contributed by atoms with E-state index < -0.39 is 11.9 Å². The summed E-state index contributed by atoms with van der Waals surface area (Å²) in [7, 11) is 0. The van der Waals surface area contributed by atoms with Crippen LogP contribution in [0.4, 0.5) is 0 Å². The van der Waals surface area contributed by atoms with E-state index in [1.165, 1.54) is 4.90 Å². The lowest BCUT2D eigenvalue weighted by Gasteiger charge is -2.31. The van der Waals surface area contributed by atoms with Crippen LogP contribution in [0.2, 0.25) is 0 Å². The van der Waals surface area contributed by atoms with Gasteiger partial charge >= 0.3 is 5.97 Å². The second kappa shape index (κ2) is 9.54. The number of ether oxygens (including phenoxy) is 3. The molecule has 3 rings (SSSR count). The zero-order valence-corrected chi connectivity index (χ0v) is 15.8. The molecule has 0 saturated carbocycles. The van der Waals surface area contributed by atoms with Crippen molar-refractivity contribution in [1.29, 1.82) is 0 Å². The number of piperidine rings is 1. The zero-order valence-electron chi connectivity index (χ0n) is 15.8. The fourth-order valence-electron chi connectivity index (χ4n) is 3.39. The van der Waals surface area contributed by atoms with Crippen LogP contribution in [0.3, 0.4) is 0 Å². The molecule has 0 aliphatic carbocycles. The third kappa shape index (κ3) is 5.45. The van der Waals surface area contributed by atoms with Gasteiger partial charge in [0.15, 0.2) is 6.61 Å². The van der Waals surface area contributed by atoms with Crippen molar-refractivity contribution in [1.82, 2.24) is 4.90 Å². The number of primary amides is 1. The van der Waals surface area contributed by atoms with E-state index in [2.05, 4.69) is 0 Å². The molecule has 152 valence electrons. The number of likely N-dealkylation sites (tertiary alicyclic amines) is 1. The van der Waals surface area contributed by atoms with Crippen LogP contribution >= 0.6 is 0 Å². The average Bonchev–Trinajstić information content (AvgIpc) is 3.24. The number of nitrogens with two attached hydrogens (primary N) is 1. The summed E-state index contributed by atoms with van der Waals surface area (Å²) in [4.78, 5) is 37.2. The van der Waals surface area contributed by atoms with Crippen LogP contribution in [0.5, 0.6) is 5.75 Å². The Morgan fingerprint density at radius 3 is 2.61 bits per heavy atom. The maximum absolute atomic E-state index is 12.2. The molecular weight excluding hydrogens is 364 g/mol. The minimum absolute atomic E-state index is 0.125. The number of amides is 2. The van der Waals surface area contributed by atoms with Crippen molar-refractivity contribution < 1.29 is 28.6 Å². The molecule has 8 nitrogen and oxygen atoms in total. The lowest BCUT2D eigenvalue weighted by molar-refractivity contribution is -0.137. The fourth-order valence-corrected chi connectivity index (χ4v) is 3.39. The van der Waals surface area contributed by atoms with Crippen LogP contribution < -0.4 is 10.5 Å². The molecule has 0 unspecified atom stereocenters. The first kappa shape index (κ1) is 20.1. The van der Waals surface area contributed by atoms with E-state index in [1.54, 1.807) is 24.3 Å². The second-order valence-corrected chi connectivity index (χ2v) is 7.13. The van der Waals surface area contributed by atoms with Crippen molar-refractivity contribution in [2.45, 2.75) is 31.8 Å². The first-order chi connectivity index (χ1) is 13.5. The molecule has 0 bridgehead atoms. The molecule has 2 atom stereocenters. The topological polar surface area (TPSA) is 108 Å². The largest absolute Gasteiger partial charge is 0.491 e. The first-order valence-corrected chi connectivity index (χ1v) is 9.61. The smallest absolute Gasteiger partial charge is 0.338 e. The van der Waals surface area contributed by atoms with E-state index in [9.17, 15) is 14.4 Å². The SMILES string of the molecule is NC(=O)[C@@H]1CCCN(C(=O)COC(=O)c2ccc(OC[C@H]3CCCO3)cc2)C1. The molecule has 1 aromatic rings. The molecule has 2 heterocycles. The minimum atomic E-state index is -0.581. The summed E-state index contributed by atoms with van der Waals surface area (Å²) in [5.41, 5.74) is 5.66. The highest BCUT2D eigenvalue weighted by Gasteiger charge is 2.27. The van der Waals surface area contributed by atoms with Gasteiger partial charge in [0.05, 0.1) is 17.6 Å². The van der Waals surface area contributed by atoms with Gasteiger partial charge < -0.3 is 24.8 Å². The number of esters is 1. The van der Waals surface area contributed by atoms with Crippen molar-refractivity contribution in [2.75, 3.05) is 32.9 Å². The molecule has 2 amide bonds. The number of rotatable bonds is 7. The molecule has 2 aliphatic heterocycles. The Balaban J connectivity index is 1.43. The highest BCUT2D eigenvalue weighted by molar-refractivity contribution is 5.91. The number of hydrogen-bond donors (Lipinski definition) is 1. The Kier molecular flexibility index (Phi) is 6.86. The molecule has 2 N–H and O–H groups in total. The summed E-state index contributed by atoms with van der Waals surface area (Å²) in [5.74, 6) is -1.00. The van der Waals surface area contributed by atoms with Gasteiger partial charge in [0, 0.05) is 19.7 Å². The molecule has 2 aliphatic rings. The number of carbonyl (C=O) groups excluding carboxylic acids is 3. The Bertz CT molecular complexity index is 699. The van der Waals surface area contributed by atoms with Gasteiger partial charge in [-0.15, -0.1) is 0 Å². The second-order valence-electron chi connectivity index (χ2n) is 7.13. The highest BCUT2D eigenvalue weighted by Crippen LogP contribution is 2.18. The van der Waals surface area contributed by atoms with E-state index in [0.717, 1.165) is 19.4 Å². The van der Waals surface area contributed by atoms with Gasteiger partial charge in [-0.05, 0) is 49.9 Å². The third-order valence-electron chi connectivity index (χ3n) is 5.05. The molecular formula is C20H26N2O6. The Morgan fingerprint density at radius 2 is 1.93 bits per heavy atom. The van der Waals surface area contributed by atoms with Gasteiger partial charge in [-0.1, -0.05) is 0 Å². The summed E-state index contributed by atoms with van der Waals surface area (Å²) < 4.78 is 16.3. The molecule has 2 saturated heterocycles. The van der Waals surface area contributed by atoms with Gasteiger partial charge in [0.2, 0.25) is 5.91 Å². The van der Waals surface area contributed by atoms with Crippen molar-refractivity contribution >= 4 is 17.8 Å². The normalized spacial score (nSPS) is 21.9. The third-order valence-corrected chi connectivity index (χ3v) is 5.05. The standard InChI is InChI=1S/C20H26N2O6/c21-19(24)15-3-1-9-22(11-15)18(23)13-28-20(25)14-5-7-16(8-6-14)27-12-17-4-2-10-26-17/h5-8,15,17H,1-4,9-13H2,(H2,21,24)/t15-,17-/m1/s1. The highest BCUT2D eigenvalue weighted by atomic mass is 16.5. The van der Waals surface area contributed by atoms with E-state index in [0.29, 0.717) is 37.3 Å². The quantitative estimate of drug-likeness (QED) is 0.699. The van der Waals surface area contributed by atoms with E-state index >= 15 is 0 Å². The Labute approximate surface area is 163 Å². The van der Waals surface area contributed by atoms with Gasteiger partial charge in [-0.2, -0.15) is 0 Å². The molecule has 1 aromatic carbocycles. The van der Waals surface area contributed by atoms with E-state index in [1.807, 2.05) is 0 Å². The molecule has 0 aromatic heterocycles. The van der Waals surface area contributed by atoms with Crippen LogP contribution in [0.15, 0.2) is 24.3 Å². The van der Waals surface area contributed by atoms with Crippen LogP contribution in [0.25, 0.3) is 0 Å². The molecule has 0 spiro atoms. The predicted octanol–water partition coefficient (Wildman–Crippen LogP) is 1.13. The zero-order chi connectivity index (χ0) is 19.9. The first-order valence-electron chi connectivity index (χ1n) is 9.61. The average molecular weight is 390 g/mol. The molecule has 2 fully saturated rings. The summed E-state index contributed by atoms with van der Waals surface area (Å²) >= 11 is 0. The lowest BCUT2D eigenvalue weighted by Crippen LogP contribution is -2.45. The van der Waals surface area contributed by atoms with Gasteiger partial charge in [0.25, 0.3) is 5.91 Å². The maximum Gasteiger partial charge on any atom is 0.338 e. The molecule has 28 heavy (non-hydrogen) atoms. The van der Waals surface area contributed by atoms with Gasteiger partial charge in [0.1, 0.15) is 12.4 Å². The van der Waals surface area contributed by atoms with Gasteiger partial charge in [-0.25, -0.2) is 4.79 Å². The summed E-state index contributed by atoms with van der Waals surface area (Å²) in [6, 6.07) is 6.58. The number of hydrogen-bond acceptors (Lipinski definition) is 6. The summed E-state index contributed by atoms with van der Waals surface area (Å²) in [6.07, 6.45) is 3.56. The Hall–Kier alpha value is -2.61. The van der Waals surface area contributed by atoms with Crippen LogP contribution in [0, 0.1) is 5.92 Å². The van der Waals surface area contributed by atoms with E-state index in [-0.39, 0.29) is 31.1 Å². The Morgan fingerprint density at radius 1 is 1.14 bits per heavy atom. The monoisotopic (exact) mass is 390 g/mol. The lowest BCUT2D eigenvalue weighted by atomic mass is 9.97. The van der Waals surface area contributed by atoms with Crippen LogP contribution in [-0.4, -0.2) is 61.7 Å². The number of carbonyl (C=O) groups is 3. The van der Waals surface area contributed by atoms with Crippen LogP contribution in [-0.2, 0) is 19.1 Å². The number of benzene rings is 1. The van der Waals surface area contributed by atoms with E-state index in [4.69, 9.17) is 19.9 Å². The maximum atomic E-state index is 12.2. The van der Waals surface area contributed by atoms with Crippen molar-refractivity contribution in [3.63, 3.8) is 0 Å². The predicted molar refractivity (Wildman–Crippen MR) is 99.7 cm³/mol. The van der Waals surface area contributed by atoms with Crippen LogP contribution in [0.1, 0.15) is 36.0 Å².